The number of benzene rings is 3. The third-order valence-electron chi connectivity index (χ3n) is 5.77. The van der Waals surface area contributed by atoms with Gasteiger partial charge in [0.15, 0.2) is 6.10 Å². The number of ether oxygens (including phenoxy) is 2. The molecule has 202 valence electrons. The number of methoxy groups -OCH3 is 1. The molecule has 0 spiro atoms. The molecule has 1 atom stereocenters. The molecule has 0 fully saturated rings. The molecule has 10 nitrogen and oxygen atoms in total. The molecule has 0 radical (unpaired) electrons. The monoisotopic (exact) mass is 559 g/mol. The van der Waals surface area contributed by atoms with Crippen molar-refractivity contribution >= 4 is 37.3 Å². The third-order valence-corrected chi connectivity index (χ3v) is 9.22. The third kappa shape index (κ3) is 5.62. The van der Waals surface area contributed by atoms with E-state index in [0.717, 1.165) is 9.87 Å². The van der Waals surface area contributed by atoms with Crippen LogP contribution in [-0.2, 0) is 24.8 Å². The molecule has 0 aliphatic carbocycles. The number of hydrogen-bond donors (Lipinski definition) is 2. The molecular formula is C26H29N3O7S2. The van der Waals surface area contributed by atoms with Gasteiger partial charge in [-0.3, -0.25) is 9.10 Å². The summed E-state index contributed by atoms with van der Waals surface area (Å²) in [5.74, 6) is -0.227. The molecule has 0 saturated carbocycles. The molecule has 0 aromatic heterocycles. The molecule has 2 N–H and O–H groups in total. The van der Waals surface area contributed by atoms with Gasteiger partial charge >= 0.3 is 0 Å². The standard InChI is InChI=1S/C26H29N3O7S2/c1-17(2)28-37(31,32)20-13-14-23(35-4)21(15-20)27-26(30)25-16-29(22-7-5-6-8-24(22)36-25)38(33,34)19-11-9-18(3)10-12-19/h5-15,17,25,28H,16H2,1-4H3,(H,27,30)/t25-/m0/s1. The molecule has 1 amide bonds. The van der Waals surface area contributed by atoms with Crippen molar-refractivity contribution in [1.82, 2.24) is 4.72 Å². The molecule has 0 saturated heterocycles. The van der Waals surface area contributed by atoms with Gasteiger partial charge in [0, 0.05) is 6.04 Å². The number of sulfonamides is 2. The molecule has 4 rings (SSSR count). The van der Waals surface area contributed by atoms with E-state index in [2.05, 4.69) is 10.0 Å². The van der Waals surface area contributed by atoms with Crippen molar-refractivity contribution in [3.63, 3.8) is 0 Å². The smallest absolute Gasteiger partial charge is 0.267 e. The Morgan fingerprint density at radius 2 is 1.66 bits per heavy atom. The summed E-state index contributed by atoms with van der Waals surface area (Å²) in [4.78, 5) is 13.4. The number of hydrogen-bond acceptors (Lipinski definition) is 7. The predicted octanol–water partition coefficient (Wildman–Crippen LogP) is 3.29. The minimum Gasteiger partial charge on any atom is -0.495 e. The van der Waals surface area contributed by atoms with Crippen LogP contribution < -0.4 is 23.8 Å². The molecule has 1 aliphatic rings. The summed E-state index contributed by atoms with van der Waals surface area (Å²) in [5, 5.41) is 2.64. The fraction of sp³-hybridized carbons (Fsp3) is 0.269. The number of carbonyl (C=O) groups is 1. The number of carbonyl (C=O) groups excluding carboxylic acids is 1. The number of fused-ring (bicyclic) bond motifs is 1. The highest BCUT2D eigenvalue weighted by atomic mass is 32.2. The first-order valence-electron chi connectivity index (χ1n) is 11.8. The first kappa shape index (κ1) is 27.4. The Labute approximate surface area is 222 Å². The number of anilines is 2. The van der Waals surface area contributed by atoms with Gasteiger partial charge in [0.25, 0.3) is 15.9 Å². The van der Waals surface area contributed by atoms with E-state index in [9.17, 15) is 21.6 Å². The van der Waals surface area contributed by atoms with Gasteiger partial charge in [-0.05, 0) is 63.2 Å². The van der Waals surface area contributed by atoms with Crippen LogP contribution in [0.5, 0.6) is 11.5 Å². The Morgan fingerprint density at radius 3 is 2.32 bits per heavy atom. The Morgan fingerprint density at radius 1 is 1.00 bits per heavy atom. The van der Waals surface area contributed by atoms with Crippen LogP contribution in [0.1, 0.15) is 19.4 Å². The lowest BCUT2D eigenvalue weighted by atomic mass is 10.2. The molecule has 12 heteroatoms. The van der Waals surface area contributed by atoms with Crippen molar-refractivity contribution in [2.45, 2.75) is 42.7 Å². The average Bonchev–Trinajstić information content (AvgIpc) is 2.87. The Hall–Kier alpha value is -3.61. The summed E-state index contributed by atoms with van der Waals surface area (Å²) in [7, 11) is -6.48. The highest BCUT2D eigenvalue weighted by molar-refractivity contribution is 7.92. The second kappa shape index (κ2) is 10.6. The molecule has 0 bridgehead atoms. The molecule has 0 unspecified atom stereocenters. The maximum Gasteiger partial charge on any atom is 0.267 e. The summed E-state index contributed by atoms with van der Waals surface area (Å²) in [6, 6.07) is 16.7. The summed E-state index contributed by atoms with van der Waals surface area (Å²) < 4.78 is 67.3. The number of para-hydroxylation sites is 2. The van der Waals surface area contributed by atoms with Crippen LogP contribution in [0.2, 0.25) is 0 Å². The van der Waals surface area contributed by atoms with E-state index in [1.54, 1.807) is 50.2 Å². The number of amides is 1. The van der Waals surface area contributed by atoms with Gasteiger partial charge in [0.2, 0.25) is 10.0 Å². The van der Waals surface area contributed by atoms with Crippen molar-refractivity contribution < 1.29 is 31.1 Å². The summed E-state index contributed by atoms with van der Waals surface area (Å²) in [6.45, 7) is 4.94. The first-order chi connectivity index (χ1) is 17.9. The summed E-state index contributed by atoms with van der Waals surface area (Å²) >= 11 is 0. The van der Waals surface area contributed by atoms with Gasteiger partial charge in [-0.25, -0.2) is 21.6 Å². The number of nitrogens with one attached hydrogen (secondary N) is 2. The second-order valence-corrected chi connectivity index (χ2v) is 12.6. The largest absolute Gasteiger partial charge is 0.495 e. The van der Waals surface area contributed by atoms with E-state index in [1.807, 2.05) is 6.92 Å². The Bertz CT molecular complexity index is 1550. The second-order valence-electron chi connectivity index (χ2n) is 9.05. The van der Waals surface area contributed by atoms with Gasteiger partial charge in [-0.2, -0.15) is 0 Å². The van der Waals surface area contributed by atoms with E-state index in [4.69, 9.17) is 9.47 Å². The maximum atomic E-state index is 13.6. The molecule has 1 heterocycles. The lowest BCUT2D eigenvalue weighted by Gasteiger charge is -2.34. The minimum atomic E-state index is -4.02. The van der Waals surface area contributed by atoms with Crippen LogP contribution in [0, 0.1) is 6.92 Å². The number of nitrogens with zero attached hydrogens (tertiary/aromatic N) is 1. The molecule has 1 aliphatic heterocycles. The van der Waals surface area contributed by atoms with E-state index in [0.29, 0.717) is 5.69 Å². The minimum absolute atomic E-state index is 0.0687. The summed E-state index contributed by atoms with van der Waals surface area (Å²) in [5.41, 5.74) is 1.31. The Kier molecular flexibility index (Phi) is 7.68. The first-order valence-corrected chi connectivity index (χ1v) is 14.7. The van der Waals surface area contributed by atoms with Crippen LogP contribution in [0.3, 0.4) is 0 Å². The van der Waals surface area contributed by atoms with E-state index in [-0.39, 0.29) is 39.6 Å². The predicted molar refractivity (Wildman–Crippen MR) is 144 cm³/mol. The van der Waals surface area contributed by atoms with Crippen molar-refractivity contribution in [2.24, 2.45) is 0 Å². The number of aryl methyl sites for hydroxylation is 1. The zero-order valence-electron chi connectivity index (χ0n) is 21.3. The Balaban J connectivity index is 1.66. The maximum absolute atomic E-state index is 13.6. The molecular weight excluding hydrogens is 530 g/mol. The molecule has 3 aromatic rings. The number of rotatable bonds is 8. The lowest BCUT2D eigenvalue weighted by Crippen LogP contribution is -2.48. The van der Waals surface area contributed by atoms with Crippen LogP contribution in [0.4, 0.5) is 11.4 Å². The summed E-state index contributed by atoms with van der Waals surface area (Å²) in [6.07, 6.45) is -1.23. The highest BCUT2D eigenvalue weighted by Crippen LogP contribution is 2.37. The van der Waals surface area contributed by atoms with Crippen molar-refractivity contribution in [3.8, 4) is 11.5 Å². The van der Waals surface area contributed by atoms with Gasteiger partial charge in [-0.15, -0.1) is 0 Å². The van der Waals surface area contributed by atoms with Crippen molar-refractivity contribution in [2.75, 3.05) is 23.3 Å². The fourth-order valence-corrected chi connectivity index (χ4v) is 6.70. The topological polar surface area (TPSA) is 131 Å². The van der Waals surface area contributed by atoms with Crippen LogP contribution >= 0.6 is 0 Å². The van der Waals surface area contributed by atoms with E-state index >= 15 is 0 Å². The highest BCUT2D eigenvalue weighted by Gasteiger charge is 2.37. The zero-order valence-corrected chi connectivity index (χ0v) is 23.0. The van der Waals surface area contributed by atoms with E-state index in [1.165, 1.54) is 37.4 Å². The molecule has 38 heavy (non-hydrogen) atoms. The SMILES string of the molecule is COc1ccc(S(=O)(=O)NC(C)C)cc1NC(=O)[C@@H]1CN(S(=O)(=O)c2ccc(C)cc2)c2ccccc2O1. The van der Waals surface area contributed by atoms with Gasteiger partial charge in [-0.1, -0.05) is 29.8 Å². The quantitative estimate of drug-likeness (QED) is 0.433. The molecule has 3 aromatic carbocycles. The zero-order chi connectivity index (χ0) is 27.7. The van der Waals surface area contributed by atoms with Crippen LogP contribution in [0.15, 0.2) is 76.5 Å². The average molecular weight is 560 g/mol. The van der Waals surface area contributed by atoms with Gasteiger partial charge < -0.3 is 14.8 Å². The van der Waals surface area contributed by atoms with Crippen molar-refractivity contribution in [3.05, 3.63) is 72.3 Å². The van der Waals surface area contributed by atoms with Gasteiger partial charge in [0.1, 0.15) is 11.5 Å². The van der Waals surface area contributed by atoms with Crippen molar-refractivity contribution in [1.29, 1.82) is 0 Å². The van der Waals surface area contributed by atoms with E-state index < -0.39 is 32.1 Å². The van der Waals surface area contributed by atoms with Gasteiger partial charge in [0.05, 0.1) is 34.8 Å². The fourth-order valence-electron chi connectivity index (χ4n) is 3.95. The van der Waals surface area contributed by atoms with Crippen LogP contribution in [0.25, 0.3) is 0 Å². The van der Waals surface area contributed by atoms with Crippen LogP contribution in [-0.4, -0.2) is 48.5 Å². The normalized spacial score (nSPS) is 15.5. The lowest BCUT2D eigenvalue weighted by molar-refractivity contribution is -0.122.